The summed E-state index contributed by atoms with van der Waals surface area (Å²) in [6, 6.07) is 15.0. The lowest BCUT2D eigenvalue weighted by Crippen LogP contribution is -2.17. The Morgan fingerprint density at radius 3 is 2.25 bits per heavy atom. The lowest BCUT2D eigenvalue weighted by Gasteiger charge is -2.24. The fourth-order valence-electron chi connectivity index (χ4n) is 2.30. The molecule has 0 radical (unpaired) electrons. The summed E-state index contributed by atoms with van der Waals surface area (Å²) in [5, 5.41) is 10.00. The Kier molecular flexibility index (Phi) is 4.95. The predicted octanol–water partition coefficient (Wildman–Crippen LogP) is 4.99. The van der Waals surface area contributed by atoms with Gasteiger partial charge in [-0.2, -0.15) is 5.26 Å². The molecule has 0 saturated carbocycles. The first kappa shape index (κ1) is 16.3. The van der Waals surface area contributed by atoms with Crippen molar-refractivity contribution >= 4 is 34.6 Å². The van der Waals surface area contributed by atoms with Gasteiger partial charge in [-0.1, -0.05) is 29.3 Å². The molecule has 0 fully saturated rings. The number of nitrogens with zero attached hydrogens (tertiary/aromatic N) is 4. The van der Waals surface area contributed by atoms with Crippen LogP contribution in [0.15, 0.2) is 61.2 Å². The van der Waals surface area contributed by atoms with Gasteiger partial charge in [-0.05, 0) is 42.0 Å². The molecule has 0 unspecified atom stereocenters. The zero-order valence-electron chi connectivity index (χ0n) is 12.5. The zero-order chi connectivity index (χ0) is 16.9. The third-order valence-electron chi connectivity index (χ3n) is 3.49. The van der Waals surface area contributed by atoms with Gasteiger partial charge < -0.3 is 4.90 Å². The number of hydrogen-bond donors (Lipinski definition) is 0. The second-order valence-electron chi connectivity index (χ2n) is 5.09. The van der Waals surface area contributed by atoms with E-state index in [-0.39, 0.29) is 0 Å². The largest absolute Gasteiger partial charge is 0.334 e. The van der Waals surface area contributed by atoms with E-state index >= 15 is 0 Å². The van der Waals surface area contributed by atoms with Gasteiger partial charge >= 0.3 is 0 Å². The van der Waals surface area contributed by atoms with Crippen LogP contribution >= 0.6 is 23.2 Å². The first-order chi connectivity index (χ1) is 11.7. The first-order valence-electron chi connectivity index (χ1n) is 7.14. The van der Waals surface area contributed by atoms with Crippen LogP contribution in [0.4, 0.5) is 11.4 Å². The summed E-state index contributed by atoms with van der Waals surface area (Å²) in [5.74, 6) is 0. The molecule has 1 aromatic heterocycles. The molecule has 3 aromatic rings. The van der Waals surface area contributed by atoms with Crippen molar-refractivity contribution in [1.29, 1.82) is 5.26 Å². The molecule has 0 aliphatic rings. The summed E-state index contributed by atoms with van der Waals surface area (Å²) >= 11 is 12.1. The molecule has 4 nitrogen and oxygen atoms in total. The van der Waals surface area contributed by atoms with Crippen LogP contribution in [0.3, 0.4) is 0 Å². The van der Waals surface area contributed by atoms with Crippen LogP contribution < -0.4 is 4.90 Å². The molecule has 0 atom stereocenters. The summed E-state index contributed by atoms with van der Waals surface area (Å²) < 4.78 is 0. The van der Waals surface area contributed by atoms with Gasteiger partial charge in [0.25, 0.3) is 0 Å². The summed E-state index contributed by atoms with van der Waals surface area (Å²) in [5.41, 5.74) is 3.37. The third-order valence-corrected chi connectivity index (χ3v) is 4.23. The Balaban J connectivity index is 1.98. The molecule has 1 heterocycles. The molecule has 0 amide bonds. The highest BCUT2D eigenvalue weighted by Gasteiger charge is 2.12. The molecular weight excluding hydrogens is 343 g/mol. The lowest BCUT2D eigenvalue weighted by atomic mass is 10.1. The Morgan fingerprint density at radius 1 is 0.917 bits per heavy atom. The van der Waals surface area contributed by atoms with Crippen molar-refractivity contribution in [3.63, 3.8) is 0 Å². The van der Waals surface area contributed by atoms with E-state index in [1.165, 1.54) is 6.33 Å². The van der Waals surface area contributed by atoms with Crippen LogP contribution in [-0.4, -0.2) is 9.97 Å². The van der Waals surface area contributed by atoms with Crippen LogP contribution in [0.25, 0.3) is 0 Å². The van der Waals surface area contributed by atoms with Gasteiger partial charge in [0.05, 0.1) is 39.8 Å². The minimum absolute atomic E-state index is 0.512. The highest BCUT2D eigenvalue weighted by molar-refractivity contribution is 6.42. The maximum atomic E-state index is 8.97. The Morgan fingerprint density at radius 2 is 1.62 bits per heavy atom. The standard InChI is InChI=1S/C18H12Cl2N4/c19-17-6-3-14(7-18(17)20)11-24(16-9-22-12-23-10-16)15-4-1-13(8-21)2-5-15/h1-7,9-10,12H,11H2. The summed E-state index contributed by atoms with van der Waals surface area (Å²) in [6.45, 7) is 0.566. The van der Waals surface area contributed by atoms with E-state index in [9.17, 15) is 0 Å². The fraction of sp³-hybridized carbons (Fsp3) is 0.0556. The predicted molar refractivity (Wildman–Crippen MR) is 95.5 cm³/mol. The molecule has 6 heteroatoms. The molecule has 0 N–H and O–H groups in total. The highest BCUT2D eigenvalue weighted by atomic mass is 35.5. The van der Waals surface area contributed by atoms with E-state index in [0.29, 0.717) is 22.2 Å². The molecular formula is C18H12Cl2N4. The maximum Gasteiger partial charge on any atom is 0.115 e. The van der Waals surface area contributed by atoms with Crippen molar-refractivity contribution < 1.29 is 0 Å². The lowest BCUT2D eigenvalue weighted by molar-refractivity contribution is 0.957. The van der Waals surface area contributed by atoms with E-state index in [1.54, 1.807) is 30.6 Å². The van der Waals surface area contributed by atoms with Crippen molar-refractivity contribution in [2.45, 2.75) is 6.54 Å². The third kappa shape index (κ3) is 3.65. The van der Waals surface area contributed by atoms with Gasteiger partial charge in [0.2, 0.25) is 0 Å². The fourth-order valence-corrected chi connectivity index (χ4v) is 2.62. The van der Waals surface area contributed by atoms with E-state index in [4.69, 9.17) is 28.5 Å². The number of benzene rings is 2. The van der Waals surface area contributed by atoms with E-state index < -0.39 is 0 Å². The SMILES string of the molecule is N#Cc1ccc(N(Cc2ccc(Cl)c(Cl)c2)c2cncnc2)cc1. The number of rotatable bonds is 4. The van der Waals surface area contributed by atoms with Crippen LogP contribution in [-0.2, 0) is 6.54 Å². The van der Waals surface area contributed by atoms with Crippen molar-refractivity contribution in [1.82, 2.24) is 9.97 Å². The molecule has 0 spiro atoms. The summed E-state index contributed by atoms with van der Waals surface area (Å²) in [7, 11) is 0. The Hall–Kier alpha value is -2.61. The molecule has 2 aromatic carbocycles. The van der Waals surface area contributed by atoms with E-state index in [2.05, 4.69) is 16.0 Å². The molecule has 0 bridgehead atoms. The molecule has 0 aliphatic carbocycles. The molecule has 0 aliphatic heterocycles. The summed E-state index contributed by atoms with van der Waals surface area (Å²) in [6.07, 6.45) is 4.96. The maximum absolute atomic E-state index is 8.97. The highest BCUT2D eigenvalue weighted by Crippen LogP contribution is 2.29. The van der Waals surface area contributed by atoms with Crippen LogP contribution in [0.1, 0.15) is 11.1 Å². The van der Waals surface area contributed by atoms with Crippen molar-refractivity contribution in [2.75, 3.05) is 4.90 Å². The van der Waals surface area contributed by atoms with Crippen molar-refractivity contribution in [2.24, 2.45) is 0 Å². The second-order valence-corrected chi connectivity index (χ2v) is 5.90. The molecule has 3 rings (SSSR count). The second kappa shape index (κ2) is 7.31. The zero-order valence-corrected chi connectivity index (χ0v) is 14.0. The number of halogens is 2. The van der Waals surface area contributed by atoms with Gasteiger partial charge in [-0.25, -0.2) is 9.97 Å². The van der Waals surface area contributed by atoms with Crippen LogP contribution in [0.5, 0.6) is 0 Å². The van der Waals surface area contributed by atoms with Crippen LogP contribution in [0, 0.1) is 11.3 Å². The number of aromatic nitrogens is 2. The minimum Gasteiger partial charge on any atom is -0.334 e. The van der Waals surface area contributed by atoms with E-state index in [0.717, 1.165) is 16.9 Å². The van der Waals surface area contributed by atoms with Gasteiger partial charge in [0.1, 0.15) is 6.33 Å². The van der Waals surface area contributed by atoms with Crippen LogP contribution in [0.2, 0.25) is 10.0 Å². The normalized spacial score (nSPS) is 10.2. The molecule has 118 valence electrons. The molecule has 0 saturated heterocycles. The van der Waals surface area contributed by atoms with Gasteiger partial charge in [-0.15, -0.1) is 0 Å². The average Bonchev–Trinajstić information content (AvgIpc) is 2.63. The van der Waals surface area contributed by atoms with E-state index in [1.807, 2.05) is 29.2 Å². The number of hydrogen-bond acceptors (Lipinski definition) is 4. The Bertz CT molecular complexity index is 874. The molecule has 24 heavy (non-hydrogen) atoms. The Labute approximate surface area is 149 Å². The minimum atomic E-state index is 0.512. The average molecular weight is 355 g/mol. The van der Waals surface area contributed by atoms with Gasteiger partial charge in [0.15, 0.2) is 0 Å². The van der Waals surface area contributed by atoms with Gasteiger partial charge in [0, 0.05) is 12.2 Å². The summed E-state index contributed by atoms with van der Waals surface area (Å²) in [4.78, 5) is 10.2. The first-order valence-corrected chi connectivity index (χ1v) is 7.89. The quantitative estimate of drug-likeness (QED) is 0.661. The van der Waals surface area contributed by atoms with Gasteiger partial charge in [-0.3, -0.25) is 0 Å². The number of nitriles is 1. The number of anilines is 2. The smallest absolute Gasteiger partial charge is 0.115 e. The topological polar surface area (TPSA) is 52.8 Å². The monoisotopic (exact) mass is 354 g/mol. The van der Waals surface area contributed by atoms with Crippen molar-refractivity contribution in [3.05, 3.63) is 82.4 Å². The van der Waals surface area contributed by atoms with Crippen molar-refractivity contribution in [3.8, 4) is 6.07 Å².